The highest BCUT2D eigenvalue weighted by Gasteiger charge is 2.32. The van der Waals surface area contributed by atoms with Gasteiger partial charge in [0.05, 0.1) is 6.61 Å². The van der Waals surface area contributed by atoms with Gasteiger partial charge < -0.3 is 5.11 Å². The Morgan fingerprint density at radius 2 is 1.38 bits per heavy atom. The number of rotatable bonds is 5. The first-order valence-electron chi connectivity index (χ1n) is 3.15. The van der Waals surface area contributed by atoms with Crippen molar-refractivity contribution in [3.05, 3.63) is 24.0 Å². The fourth-order valence-corrected chi connectivity index (χ4v) is 3.42. The molecule has 0 fully saturated rings. The summed E-state index contributed by atoms with van der Waals surface area (Å²) in [4.78, 5) is 0. The summed E-state index contributed by atoms with van der Waals surface area (Å²) in [6.07, 6.45) is 0. The lowest BCUT2D eigenvalue weighted by Crippen LogP contribution is -2.30. The number of hydrogen-bond donors (Lipinski definition) is 1. The van der Waals surface area contributed by atoms with Crippen molar-refractivity contribution < 1.29 is 21.9 Å². The zero-order chi connectivity index (χ0) is 10.7. The van der Waals surface area contributed by atoms with E-state index in [1.54, 1.807) is 0 Å². The van der Waals surface area contributed by atoms with E-state index in [1.165, 1.54) is 0 Å². The maximum Gasteiger partial charge on any atom is 0.193 e. The molecule has 0 saturated carbocycles. The van der Waals surface area contributed by atoms with Gasteiger partial charge in [-0.05, 0) is 0 Å². The SMILES string of the molecule is C=CS(=O)(=O)C(CO)S(=O)(=O)C=C. The van der Waals surface area contributed by atoms with Crippen LogP contribution in [0.15, 0.2) is 24.0 Å². The fourth-order valence-electron chi connectivity index (χ4n) is 0.609. The average Bonchev–Trinajstić information content (AvgIpc) is 2.05. The van der Waals surface area contributed by atoms with Gasteiger partial charge >= 0.3 is 0 Å². The van der Waals surface area contributed by atoms with Crippen LogP contribution in [0, 0.1) is 0 Å². The van der Waals surface area contributed by atoms with E-state index in [4.69, 9.17) is 5.11 Å². The largest absolute Gasteiger partial charge is 0.394 e. The van der Waals surface area contributed by atoms with Crippen molar-refractivity contribution in [3.8, 4) is 0 Å². The summed E-state index contributed by atoms with van der Waals surface area (Å²) >= 11 is 0. The number of aliphatic hydroxyl groups excluding tert-OH is 1. The van der Waals surface area contributed by atoms with Crippen LogP contribution in [0.5, 0.6) is 0 Å². The predicted octanol–water partition coefficient (Wildman–Crippen LogP) is -0.579. The highest BCUT2D eigenvalue weighted by atomic mass is 32.3. The van der Waals surface area contributed by atoms with Gasteiger partial charge in [-0.15, -0.1) is 0 Å². The van der Waals surface area contributed by atoms with E-state index in [9.17, 15) is 16.8 Å². The molecule has 0 aliphatic heterocycles. The van der Waals surface area contributed by atoms with Gasteiger partial charge in [0.2, 0.25) is 0 Å². The molecule has 0 saturated heterocycles. The van der Waals surface area contributed by atoms with Gasteiger partial charge in [-0.25, -0.2) is 16.8 Å². The first-order chi connectivity index (χ1) is 5.81. The second kappa shape index (κ2) is 4.03. The third-order valence-corrected chi connectivity index (χ3v) is 5.65. The van der Waals surface area contributed by atoms with E-state index in [-0.39, 0.29) is 0 Å². The van der Waals surface area contributed by atoms with Crippen molar-refractivity contribution in [2.75, 3.05) is 6.61 Å². The molecule has 0 aromatic heterocycles. The van der Waals surface area contributed by atoms with Crippen LogP contribution in [0.2, 0.25) is 0 Å². The second-order valence-corrected chi connectivity index (χ2v) is 6.58. The minimum absolute atomic E-state index is 0.495. The molecule has 76 valence electrons. The van der Waals surface area contributed by atoms with E-state index in [0.717, 1.165) is 0 Å². The van der Waals surface area contributed by atoms with Crippen LogP contribution in [0.4, 0.5) is 0 Å². The smallest absolute Gasteiger partial charge is 0.193 e. The molecule has 0 aromatic carbocycles. The van der Waals surface area contributed by atoms with Gasteiger partial charge in [0, 0.05) is 10.8 Å². The van der Waals surface area contributed by atoms with Crippen LogP contribution >= 0.6 is 0 Å². The maximum absolute atomic E-state index is 11.0. The third kappa shape index (κ3) is 2.64. The molecule has 13 heavy (non-hydrogen) atoms. The van der Waals surface area contributed by atoms with Crippen molar-refractivity contribution in [1.82, 2.24) is 0 Å². The molecule has 0 heterocycles. The molecule has 0 unspecified atom stereocenters. The molecule has 0 spiro atoms. The Morgan fingerprint density at radius 3 is 1.54 bits per heavy atom. The van der Waals surface area contributed by atoms with Crippen molar-refractivity contribution >= 4 is 19.7 Å². The Morgan fingerprint density at radius 1 is 1.08 bits per heavy atom. The van der Waals surface area contributed by atoms with E-state index in [2.05, 4.69) is 13.2 Å². The Labute approximate surface area is 77.2 Å². The Bertz CT molecular complexity index is 351. The van der Waals surface area contributed by atoms with Gasteiger partial charge in [0.1, 0.15) is 0 Å². The zero-order valence-electron chi connectivity index (χ0n) is 6.75. The van der Waals surface area contributed by atoms with Gasteiger partial charge in [0.25, 0.3) is 0 Å². The summed E-state index contributed by atoms with van der Waals surface area (Å²) in [5.74, 6) is 0. The lowest BCUT2D eigenvalue weighted by Gasteiger charge is -2.09. The minimum Gasteiger partial charge on any atom is -0.394 e. The van der Waals surface area contributed by atoms with Gasteiger partial charge in [-0.1, -0.05) is 13.2 Å². The monoisotopic (exact) mass is 226 g/mol. The molecule has 7 heteroatoms. The summed E-state index contributed by atoms with van der Waals surface area (Å²) in [5.41, 5.74) is 0. The van der Waals surface area contributed by atoms with Crippen molar-refractivity contribution in [2.24, 2.45) is 0 Å². The topological polar surface area (TPSA) is 88.5 Å². The van der Waals surface area contributed by atoms with E-state index in [0.29, 0.717) is 10.8 Å². The first kappa shape index (κ1) is 12.3. The molecule has 0 atom stereocenters. The molecular weight excluding hydrogens is 216 g/mol. The minimum atomic E-state index is -4.03. The van der Waals surface area contributed by atoms with Gasteiger partial charge in [0.15, 0.2) is 24.3 Å². The van der Waals surface area contributed by atoms with Crippen LogP contribution < -0.4 is 0 Å². The quantitative estimate of drug-likeness (QED) is 0.677. The van der Waals surface area contributed by atoms with E-state index in [1.807, 2.05) is 0 Å². The normalized spacial score (nSPS) is 12.8. The van der Waals surface area contributed by atoms with Crippen molar-refractivity contribution in [1.29, 1.82) is 0 Å². The standard InChI is InChI=1S/C6H10O5S2/c1-3-12(8,9)6(5-7)13(10,11)4-2/h3-4,6-7H,1-2,5H2. The summed E-state index contributed by atoms with van der Waals surface area (Å²) in [6.45, 7) is 4.89. The molecule has 1 N–H and O–H groups in total. The molecular formula is C6H10O5S2. The Kier molecular flexibility index (Phi) is 3.83. The third-order valence-electron chi connectivity index (χ3n) is 1.35. The molecule has 0 aliphatic carbocycles. The predicted molar refractivity (Wildman–Crippen MR) is 49.1 cm³/mol. The van der Waals surface area contributed by atoms with Gasteiger partial charge in [-0.3, -0.25) is 0 Å². The van der Waals surface area contributed by atoms with Crippen LogP contribution in [0.3, 0.4) is 0 Å². The Balaban J connectivity index is 5.42. The zero-order valence-corrected chi connectivity index (χ0v) is 8.38. The van der Waals surface area contributed by atoms with Gasteiger partial charge in [-0.2, -0.15) is 0 Å². The molecule has 0 bridgehead atoms. The van der Waals surface area contributed by atoms with Crippen LogP contribution in [-0.4, -0.2) is 33.1 Å². The molecule has 5 nitrogen and oxygen atoms in total. The van der Waals surface area contributed by atoms with E-state index >= 15 is 0 Å². The fraction of sp³-hybridized carbons (Fsp3) is 0.333. The molecule has 0 aliphatic rings. The van der Waals surface area contributed by atoms with Crippen LogP contribution in [-0.2, 0) is 19.7 Å². The summed E-state index contributed by atoms with van der Waals surface area (Å²) in [7, 11) is -8.05. The van der Waals surface area contributed by atoms with Crippen molar-refractivity contribution in [3.63, 3.8) is 0 Å². The average molecular weight is 226 g/mol. The second-order valence-electron chi connectivity index (χ2n) is 2.12. The Hall–Kier alpha value is -0.660. The van der Waals surface area contributed by atoms with E-state index < -0.39 is 30.9 Å². The van der Waals surface area contributed by atoms with Crippen LogP contribution in [0.1, 0.15) is 0 Å². The van der Waals surface area contributed by atoms with Crippen LogP contribution in [0.25, 0.3) is 0 Å². The molecule has 0 aromatic rings. The summed E-state index contributed by atoms with van der Waals surface area (Å²) < 4.78 is 42.2. The highest BCUT2D eigenvalue weighted by Crippen LogP contribution is 2.12. The lowest BCUT2D eigenvalue weighted by molar-refractivity contribution is 0.309. The highest BCUT2D eigenvalue weighted by molar-refractivity contribution is 8.11. The number of aliphatic hydroxyl groups is 1. The van der Waals surface area contributed by atoms with Crippen molar-refractivity contribution in [2.45, 2.75) is 4.58 Å². The molecule has 0 amide bonds. The summed E-state index contributed by atoms with van der Waals surface area (Å²) in [5, 5.41) is 9.60. The number of hydrogen-bond acceptors (Lipinski definition) is 5. The number of sulfone groups is 2. The molecule has 0 radical (unpaired) electrons. The summed E-state index contributed by atoms with van der Waals surface area (Å²) in [6, 6.07) is 0. The lowest BCUT2D eigenvalue weighted by atomic mass is 10.9. The maximum atomic E-state index is 11.0. The molecule has 0 rings (SSSR count). The first-order valence-corrected chi connectivity index (χ1v) is 6.37.